The van der Waals surface area contributed by atoms with Gasteiger partial charge in [-0.15, -0.1) is 0 Å². The summed E-state index contributed by atoms with van der Waals surface area (Å²) < 4.78 is 47.7. The quantitative estimate of drug-likeness (QED) is 0.627. The molecule has 4 rings (SSSR count). The van der Waals surface area contributed by atoms with Gasteiger partial charge in [0.2, 0.25) is 0 Å². The summed E-state index contributed by atoms with van der Waals surface area (Å²) in [4.78, 5) is 21.7. The normalized spacial score (nSPS) is 15.0. The fourth-order valence-corrected chi connectivity index (χ4v) is 3.84. The van der Waals surface area contributed by atoms with Crippen LogP contribution in [0.15, 0.2) is 29.2 Å². The van der Waals surface area contributed by atoms with Gasteiger partial charge in [0.1, 0.15) is 34.6 Å². The molecule has 0 unspecified atom stereocenters. The molecule has 0 saturated carbocycles. The summed E-state index contributed by atoms with van der Waals surface area (Å²) in [5, 5.41) is 14.9. The molecule has 33 heavy (non-hydrogen) atoms. The van der Waals surface area contributed by atoms with E-state index in [-0.39, 0.29) is 22.5 Å². The molecule has 0 amide bonds. The van der Waals surface area contributed by atoms with Gasteiger partial charge in [0, 0.05) is 11.8 Å². The Morgan fingerprint density at radius 2 is 1.91 bits per heavy atom. The van der Waals surface area contributed by atoms with Crippen molar-refractivity contribution in [2.24, 2.45) is 0 Å². The van der Waals surface area contributed by atoms with E-state index in [2.05, 4.69) is 15.3 Å². The molecule has 1 aliphatic heterocycles. The zero-order valence-electron chi connectivity index (χ0n) is 18.0. The van der Waals surface area contributed by atoms with Gasteiger partial charge < -0.3 is 15.1 Å². The van der Waals surface area contributed by atoms with Crippen molar-refractivity contribution in [2.45, 2.75) is 26.3 Å². The Morgan fingerprint density at radius 1 is 1.21 bits per heavy atom. The zero-order valence-corrected chi connectivity index (χ0v) is 18.0. The first-order valence-electron chi connectivity index (χ1n) is 10.3. The predicted octanol–water partition coefficient (Wildman–Crippen LogP) is 3.19. The van der Waals surface area contributed by atoms with E-state index in [0.717, 1.165) is 6.07 Å². The lowest BCUT2D eigenvalue weighted by molar-refractivity contribution is 0.110. The fourth-order valence-electron chi connectivity index (χ4n) is 3.84. The van der Waals surface area contributed by atoms with Crippen LogP contribution in [-0.4, -0.2) is 40.9 Å². The SMILES string of the molecule is Cc1nc(N[C@H](C)c2cccc(C(F)F)c2F)c2cn(N3CCOCC3)c(=O)c(C#N)c2n1. The lowest BCUT2D eigenvalue weighted by Crippen LogP contribution is -2.49. The first kappa shape index (κ1) is 22.5. The second kappa shape index (κ2) is 9.07. The minimum atomic E-state index is -2.94. The number of nitrogens with zero attached hydrogens (tertiary/aromatic N) is 5. The zero-order chi connectivity index (χ0) is 23.7. The Morgan fingerprint density at radius 3 is 2.58 bits per heavy atom. The number of alkyl halides is 2. The summed E-state index contributed by atoms with van der Waals surface area (Å²) in [7, 11) is 0. The summed E-state index contributed by atoms with van der Waals surface area (Å²) in [5.41, 5.74) is -1.14. The fraction of sp³-hybridized carbons (Fsp3) is 0.364. The van der Waals surface area contributed by atoms with Gasteiger partial charge in [0.25, 0.3) is 12.0 Å². The number of rotatable bonds is 5. The molecule has 2 aromatic heterocycles. The standard InChI is InChI=1S/C22H21F3N6O2/c1-12(14-4-3-5-15(18(14)23)20(24)25)27-21-17-11-31(30-6-8-33-9-7-30)22(32)16(10-26)19(17)28-13(2)29-21/h3-5,11-12,20H,6-9H2,1-2H3,(H,27,28,29)/t12-/m1/s1. The highest BCUT2D eigenvalue weighted by Crippen LogP contribution is 2.30. The number of hydrogen-bond donors (Lipinski definition) is 1. The molecule has 0 aliphatic carbocycles. The van der Waals surface area contributed by atoms with E-state index < -0.39 is 29.4 Å². The molecule has 3 heterocycles. The van der Waals surface area contributed by atoms with Gasteiger partial charge in [-0.1, -0.05) is 18.2 Å². The number of hydrogen-bond acceptors (Lipinski definition) is 7. The molecule has 0 spiro atoms. The van der Waals surface area contributed by atoms with Crippen molar-refractivity contribution in [1.82, 2.24) is 14.6 Å². The maximum absolute atomic E-state index is 14.7. The summed E-state index contributed by atoms with van der Waals surface area (Å²) in [5.74, 6) is -0.449. The summed E-state index contributed by atoms with van der Waals surface area (Å²) in [6.07, 6.45) is -1.41. The third kappa shape index (κ3) is 4.21. The number of morpholine rings is 1. The highest BCUT2D eigenvalue weighted by Gasteiger charge is 2.23. The molecule has 8 nitrogen and oxygen atoms in total. The van der Waals surface area contributed by atoms with Crippen LogP contribution >= 0.6 is 0 Å². The summed E-state index contributed by atoms with van der Waals surface area (Å²) in [6, 6.07) is 5.02. The smallest absolute Gasteiger partial charge is 0.289 e. The van der Waals surface area contributed by atoms with E-state index in [1.807, 2.05) is 6.07 Å². The Hall–Kier alpha value is -3.65. The molecule has 1 atom stereocenters. The number of nitriles is 1. The van der Waals surface area contributed by atoms with E-state index in [1.165, 1.54) is 23.0 Å². The van der Waals surface area contributed by atoms with Crippen LogP contribution in [0.4, 0.5) is 19.0 Å². The molecule has 1 saturated heterocycles. The number of nitrogens with one attached hydrogen (secondary N) is 1. The Kier molecular flexibility index (Phi) is 6.20. The van der Waals surface area contributed by atoms with Crippen molar-refractivity contribution in [1.29, 1.82) is 5.26 Å². The highest BCUT2D eigenvalue weighted by atomic mass is 19.3. The second-order valence-electron chi connectivity index (χ2n) is 7.63. The van der Waals surface area contributed by atoms with Gasteiger partial charge in [-0.25, -0.2) is 27.8 Å². The monoisotopic (exact) mass is 458 g/mol. The Labute approximate surface area is 187 Å². The maximum Gasteiger partial charge on any atom is 0.289 e. The molecular weight excluding hydrogens is 437 g/mol. The number of aromatic nitrogens is 3. The van der Waals surface area contributed by atoms with Crippen LogP contribution in [0.2, 0.25) is 0 Å². The number of halogens is 3. The topological polar surface area (TPSA) is 96.1 Å². The van der Waals surface area contributed by atoms with Gasteiger partial charge in [0.05, 0.1) is 43.3 Å². The number of fused-ring (bicyclic) bond motifs is 1. The number of benzene rings is 1. The van der Waals surface area contributed by atoms with Crippen LogP contribution in [0.5, 0.6) is 0 Å². The molecule has 1 N–H and O–H groups in total. The van der Waals surface area contributed by atoms with Crippen molar-refractivity contribution < 1.29 is 17.9 Å². The number of anilines is 1. The number of ether oxygens (including phenoxy) is 1. The molecule has 1 aromatic carbocycles. The Bertz CT molecular complexity index is 1300. The average Bonchev–Trinajstić information content (AvgIpc) is 2.79. The molecule has 172 valence electrons. The van der Waals surface area contributed by atoms with Crippen LogP contribution in [0.3, 0.4) is 0 Å². The third-order valence-corrected chi connectivity index (χ3v) is 5.48. The van der Waals surface area contributed by atoms with Gasteiger partial charge in [0.15, 0.2) is 0 Å². The summed E-state index contributed by atoms with van der Waals surface area (Å²) in [6.45, 7) is 4.97. The van der Waals surface area contributed by atoms with Crippen LogP contribution in [0, 0.1) is 24.1 Å². The first-order chi connectivity index (χ1) is 15.8. The van der Waals surface area contributed by atoms with Gasteiger partial charge in [-0.05, 0) is 13.8 Å². The van der Waals surface area contributed by atoms with Gasteiger partial charge in [-0.2, -0.15) is 5.26 Å². The van der Waals surface area contributed by atoms with Crippen LogP contribution in [-0.2, 0) is 4.74 Å². The first-order valence-corrected chi connectivity index (χ1v) is 10.3. The summed E-state index contributed by atoms with van der Waals surface area (Å²) >= 11 is 0. The molecule has 0 bridgehead atoms. The molecule has 1 fully saturated rings. The van der Waals surface area contributed by atoms with E-state index in [0.29, 0.717) is 37.5 Å². The van der Waals surface area contributed by atoms with Crippen molar-refractivity contribution in [3.8, 4) is 6.07 Å². The van der Waals surface area contributed by atoms with E-state index in [4.69, 9.17) is 4.74 Å². The van der Waals surface area contributed by atoms with Crippen molar-refractivity contribution in [3.63, 3.8) is 0 Å². The van der Waals surface area contributed by atoms with Crippen molar-refractivity contribution >= 4 is 16.7 Å². The lowest BCUT2D eigenvalue weighted by Gasteiger charge is -2.30. The maximum atomic E-state index is 14.7. The Balaban J connectivity index is 1.83. The molecular formula is C22H21F3N6O2. The van der Waals surface area contributed by atoms with Crippen LogP contribution in [0.25, 0.3) is 10.9 Å². The number of pyridine rings is 1. The molecule has 3 aromatic rings. The van der Waals surface area contributed by atoms with E-state index in [9.17, 15) is 23.2 Å². The van der Waals surface area contributed by atoms with Gasteiger partial charge >= 0.3 is 0 Å². The second-order valence-corrected chi connectivity index (χ2v) is 7.63. The van der Waals surface area contributed by atoms with E-state index in [1.54, 1.807) is 18.9 Å². The minimum absolute atomic E-state index is 0.0409. The molecule has 11 heteroatoms. The van der Waals surface area contributed by atoms with Gasteiger partial charge in [-0.3, -0.25) is 4.79 Å². The molecule has 0 radical (unpaired) electrons. The molecule has 1 aliphatic rings. The number of aryl methyl sites for hydroxylation is 1. The largest absolute Gasteiger partial charge is 0.378 e. The van der Waals surface area contributed by atoms with E-state index >= 15 is 0 Å². The highest BCUT2D eigenvalue weighted by molar-refractivity contribution is 5.92. The average molecular weight is 458 g/mol. The third-order valence-electron chi connectivity index (χ3n) is 5.48. The van der Waals surface area contributed by atoms with Crippen molar-refractivity contribution in [2.75, 3.05) is 36.6 Å². The minimum Gasteiger partial charge on any atom is -0.378 e. The lowest BCUT2D eigenvalue weighted by atomic mass is 10.0. The van der Waals surface area contributed by atoms with Crippen LogP contribution < -0.4 is 15.9 Å². The predicted molar refractivity (Wildman–Crippen MR) is 115 cm³/mol. The van der Waals surface area contributed by atoms with Crippen LogP contribution in [0.1, 0.15) is 41.9 Å². The van der Waals surface area contributed by atoms with Crippen molar-refractivity contribution in [3.05, 3.63) is 63.1 Å².